The zero-order chi connectivity index (χ0) is 26.5. The number of amides is 2. The van der Waals surface area contributed by atoms with Gasteiger partial charge < -0.3 is 19.7 Å². The second kappa shape index (κ2) is 11.7. The van der Waals surface area contributed by atoms with Crippen LogP contribution in [0.1, 0.15) is 48.9 Å². The van der Waals surface area contributed by atoms with Gasteiger partial charge in [-0.3, -0.25) is 9.59 Å². The van der Waals surface area contributed by atoms with Crippen LogP contribution in [0.3, 0.4) is 0 Å². The summed E-state index contributed by atoms with van der Waals surface area (Å²) in [5.74, 6) is -3.86. The third kappa shape index (κ3) is 6.25. The monoisotopic (exact) mass is 533 g/mol. The van der Waals surface area contributed by atoms with E-state index in [1.807, 2.05) is 0 Å². The Labute approximate surface area is 217 Å². The molecular weight excluding hydrogens is 508 g/mol. The molecule has 0 bridgehead atoms. The predicted molar refractivity (Wildman–Crippen MR) is 131 cm³/mol. The molecule has 1 aliphatic heterocycles. The van der Waals surface area contributed by atoms with Gasteiger partial charge in [0.2, 0.25) is 5.91 Å². The first-order valence-electron chi connectivity index (χ1n) is 11.9. The van der Waals surface area contributed by atoms with E-state index in [1.54, 1.807) is 0 Å². The van der Waals surface area contributed by atoms with Crippen molar-refractivity contribution < 1.29 is 32.6 Å². The molecule has 2 aliphatic rings. The predicted octanol–water partition coefficient (Wildman–Crippen LogP) is 4.88. The maximum Gasteiger partial charge on any atom is 0.339 e. The highest BCUT2D eigenvalue weighted by molar-refractivity contribution is 6.30. The number of benzene rings is 1. The second-order valence-corrected chi connectivity index (χ2v) is 9.43. The van der Waals surface area contributed by atoms with Gasteiger partial charge in [0.25, 0.3) is 5.91 Å². The highest BCUT2D eigenvalue weighted by Crippen LogP contribution is 2.33. The Morgan fingerprint density at radius 3 is 2.62 bits per heavy atom. The smallest absolute Gasteiger partial charge is 0.339 e. The largest absolute Gasteiger partial charge is 0.465 e. The van der Waals surface area contributed by atoms with Crippen LogP contribution < -0.4 is 10.1 Å². The summed E-state index contributed by atoms with van der Waals surface area (Å²) >= 11 is 5.74. The highest BCUT2D eigenvalue weighted by atomic mass is 35.5. The number of halogens is 3. The van der Waals surface area contributed by atoms with E-state index >= 15 is 0 Å². The molecule has 1 unspecified atom stereocenters. The molecule has 2 heterocycles. The lowest BCUT2D eigenvalue weighted by Crippen LogP contribution is -2.46. The number of carbonyl (C=O) groups is 3. The van der Waals surface area contributed by atoms with E-state index in [9.17, 15) is 23.2 Å². The Hall–Kier alpha value is -3.53. The average Bonchev–Trinajstić information content (AvgIpc) is 3.27. The van der Waals surface area contributed by atoms with Crippen molar-refractivity contribution >= 4 is 35.2 Å². The zero-order valence-corrected chi connectivity index (χ0v) is 20.9. The van der Waals surface area contributed by atoms with Crippen molar-refractivity contribution in [3.63, 3.8) is 0 Å². The first-order valence-corrected chi connectivity index (χ1v) is 12.3. The molecule has 1 aromatic heterocycles. The fraction of sp³-hybridized carbons (Fsp3) is 0.385. The average molecular weight is 534 g/mol. The number of ether oxygens (including phenoxy) is 2. The fourth-order valence-electron chi connectivity index (χ4n) is 4.60. The minimum Gasteiger partial charge on any atom is -0.465 e. The lowest BCUT2D eigenvalue weighted by molar-refractivity contribution is -0.134. The Balaban J connectivity index is 1.51. The van der Waals surface area contributed by atoms with E-state index in [4.69, 9.17) is 16.3 Å². The second-order valence-electron chi connectivity index (χ2n) is 9.02. The third-order valence-electron chi connectivity index (χ3n) is 6.52. The van der Waals surface area contributed by atoms with Gasteiger partial charge in [0.1, 0.15) is 17.6 Å². The van der Waals surface area contributed by atoms with Crippen LogP contribution >= 0.6 is 11.6 Å². The molecule has 0 radical (unpaired) electrons. The van der Waals surface area contributed by atoms with E-state index in [0.29, 0.717) is 6.42 Å². The SMILES string of the molecule is COC(=O)c1ccc(NC(=O)C(CC2CCCCC2)N2CC(Oc3c(F)ccc(Cl)c3F)=CC2=O)nc1. The first kappa shape index (κ1) is 26.5. The highest BCUT2D eigenvalue weighted by Gasteiger charge is 2.37. The Kier molecular flexibility index (Phi) is 8.38. The minimum absolute atomic E-state index is 0.00735. The van der Waals surface area contributed by atoms with E-state index in [2.05, 4.69) is 15.0 Å². The maximum absolute atomic E-state index is 14.3. The van der Waals surface area contributed by atoms with Crippen molar-refractivity contribution in [2.24, 2.45) is 5.92 Å². The molecule has 1 aliphatic carbocycles. The maximum atomic E-state index is 14.3. The number of methoxy groups -OCH3 is 1. The third-order valence-corrected chi connectivity index (χ3v) is 6.82. The van der Waals surface area contributed by atoms with Gasteiger partial charge in [0.15, 0.2) is 17.4 Å². The summed E-state index contributed by atoms with van der Waals surface area (Å²) in [4.78, 5) is 43.3. The van der Waals surface area contributed by atoms with Crippen molar-refractivity contribution in [1.82, 2.24) is 9.88 Å². The van der Waals surface area contributed by atoms with E-state index in [-0.39, 0.29) is 34.6 Å². The summed E-state index contributed by atoms with van der Waals surface area (Å²) in [6.07, 6.45) is 7.90. The molecule has 4 rings (SSSR count). The van der Waals surface area contributed by atoms with Crippen LogP contribution in [0.5, 0.6) is 5.75 Å². The number of aromatic nitrogens is 1. The van der Waals surface area contributed by atoms with Crippen LogP contribution in [-0.4, -0.2) is 47.4 Å². The zero-order valence-electron chi connectivity index (χ0n) is 20.1. The lowest BCUT2D eigenvalue weighted by Gasteiger charge is -2.31. The molecule has 8 nitrogen and oxygen atoms in total. The van der Waals surface area contributed by atoms with Gasteiger partial charge in [-0.2, -0.15) is 0 Å². The number of pyridine rings is 1. The van der Waals surface area contributed by atoms with Gasteiger partial charge in [-0.05, 0) is 36.6 Å². The van der Waals surface area contributed by atoms with Gasteiger partial charge in [-0.25, -0.2) is 18.6 Å². The van der Waals surface area contributed by atoms with Crippen LogP contribution in [0.25, 0.3) is 0 Å². The number of esters is 1. The molecule has 2 aromatic rings. The van der Waals surface area contributed by atoms with E-state index in [1.165, 1.54) is 30.3 Å². The molecule has 1 aromatic carbocycles. The molecule has 11 heteroatoms. The van der Waals surface area contributed by atoms with E-state index < -0.39 is 41.2 Å². The molecule has 1 saturated carbocycles. The van der Waals surface area contributed by atoms with Gasteiger partial charge in [0.05, 0.1) is 24.2 Å². The molecule has 1 atom stereocenters. The molecule has 1 N–H and O–H groups in total. The first-order chi connectivity index (χ1) is 17.8. The number of nitrogens with one attached hydrogen (secondary N) is 1. The van der Waals surface area contributed by atoms with Crippen LogP contribution in [0, 0.1) is 17.6 Å². The molecule has 196 valence electrons. The van der Waals surface area contributed by atoms with Gasteiger partial charge in [-0.15, -0.1) is 0 Å². The van der Waals surface area contributed by atoms with Gasteiger partial charge in [0, 0.05) is 12.3 Å². The van der Waals surface area contributed by atoms with Crippen molar-refractivity contribution in [1.29, 1.82) is 0 Å². The summed E-state index contributed by atoms with van der Waals surface area (Å²) in [6, 6.07) is 4.09. The number of rotatable bonds is 8. The quantitative estimate of drug-likeness (QED) is 0.383. The summed E-state index contributed by atoms with van der Waals surface area (Å²) < 4.78 is 38.5. The Morgan fingerprint density at radius 2 is 1.95 bits per heavy atom. The summed E-state index contributed by atoms with van der Waals surface area (Å²) in [5.41, 5.74) is 0.223. The lowest BCUT2D eigenvalue weighted by atomic mass is 9.84. The molecular formula is C26H26ClF2N3O5. The fourth-order valence-corrected chi connectivity index (χ4v) is 4.75. The van der Waals surface area contributed by atoms with Crippen LogP contribution in [0.2, 0.25) is 5.02 Å². The molecule has 2 amide bonds. The molecule has 1 fully saturated rings. The summed E-state index contributed by atoms with van der Waals surface area (Å²) in [6.45, 7) is -0.149. The van der Waals surface area contributed by atoms with E-state index in [0.717, 1.165) is 50.3 Å². The standard InChI is InChI=1S/C26H26ClF2N3O5/c1-36-26(35)16-7-10-21(30-13-16)31-25(34)20(11-15-5-3-2-4-6-15)32-14-17(12-22(32)33)37-24-19(28)9-8-18(27)23(24)29/h7-10,12-13,15,20H,2-6,11,14H2,1H3,(H,30,31,34). The Bertz CT molecular complexity index is 1220. The van der Waals surface area contributed by atoms with Crippen molar-refractivity contribution in [3.8, 4) is 5.75 Å². The number of nitrogens with zero attached hydrogens (tertiary/aromatic N) is 2. The number of anilines is 1. The molecule has 0 spiro atoms. The van der Waals surface area contributed by atoms with Crippen LogP contribution in [0.4, 0.5) is 14.6 Å². The van der Waals surface area contributed by atoms with Gasteiger partial charge in [-0.1, -0.05) is 43.7 Å². The summed E-state index contributed by atoms with van der Waals surface area (Å²) in [5, 5.41) is 2.39. The Morgan fingerprint density at radius 1 is 1.19 bits per heavy atom. The van der Waals surface area contributed by atoms with Crippen LogP contribution in [-0.2, 0) is 14.3 Å². The topological polar surface area (TPSA) is 97.8 Å². The normalized spacial score (nSPS) is 16.8. The van der Waals surface area contributed by atoms with Crippen molar-refractivity contribution in [2.45, 2.75) is 44.6 Å². The number of carbonyl (C=O) groups excluding carboxylic acids is 3. The van der Waals surface area contributed by atoms with Gasteiger partial charge >= 0.3 is 5.97 Å². The minimum atomic E-state index is -1.08. The summed E-state index contributed by atoms with van der Waals surface area (Å²) in [7, 11) is 1.25. The molecule has 0 saturated heterocycles. The van der Waals surface area contributed by atoms with Crippen LogP contribution in [0.15, 0.2) is 42.3 Å². The number of hydrogen-bond acceptors (Lipinski definition) is 6. The van der Waals surface area contributed by atoms with Crippen molar-refractivity contribution in [2.75, 3.05) is 19.0 Å². The number of hydrogen-bond donors (Lipinski definition) is 1. The van der Waals surface area contributed by atoms with Crippen molar-refractivity contribution in [3.05, 3.63) is 64.5 Å². The molecule has 37 heavy (non-hydrogen) atoms.